The summed E-state index contributed by atoms with van der Waals surface area (Å²) in [5.41, 5.74) is 0. The quantitative estimate of drug-likeness (QED) is 0.913. The van der Waals surface area contributed by atoms with Crippen molar-refractivity contribution in [1.29, 1.82) is 0 Å². The Balaban J connectivity index is 1.49. The predicted octanol–water partition coefficient (Wildman–Crippen LogP) is 2.05. The Morgan fingerprint density at radius 3 is 2.91 bits per heavy atom. The smallest absolute Gasteiger partial charge is 0.252 e. The number of thiophene rings is 1. The van der Waals surface area contributed by atoms with Crippen molar-refractivity contribution in [1.82, 2.24) is 14.3 Å². The van der Waals surface area contributed by atoms with E-state index in [4.69, 9.17) is 0 Å². The molecule has 1 aliphatic carbocycles. The van der Waals surface area contributed by atoms with Crippen LogP contribution < -0.4 is 5.32 Å². The summed E-state index contributed by atoms with van der Waals surface area (Å²) in [6.07, 6.45) is 7.13. The van der Waals surface area contributed by atoms with Crippen LogP contribution in [0.1, 0.15) is 12.8 Å². The van der Waals surface area contributed by atoms with Crippen molar-refractivity contribution >= 4 is 27.2 Å². The lowest BCUT2D eigenvalue weighted by Gasteiger charge is -2.21. The van der Waals surface area contributed by atoms with Crippen LogP contribution in [0.3, 0.4) is 0 Å². The Morgan fingerprint density at radius 2 is 2.17 bits per heavy atom. The summed E-state index contributed by atoms with van der Waals surface area (Å²) < 4.78 is 27.5. The fraction of sp³-hybridized carbons (Fsp3) is 0.467. The molecule has 3 heterocycles. The summed E-state index contributed by atoms with van der Waals surface area (Å²) in [5.74, 6) is 1.53. The van der Waals surface area contributed by atoms with E-state index >= 15 is 0 Å². The molecule has 2 aromatic heterocycles. The molecule has 6 nitrogen and oxygen atoms in total. The van der Waals surface area contributed by atoms with E-state index in [9.17, 15) is 8.42 Å². The van der Waals surface area contributed by atoms with Gasteiger partial charge < -0.3 is 5.32 Å². The molecule has 1 saturated carbocycles. The normalized spacial score (nSPS) is 27.9. The van der Waals surface area contributed by atoms with Gasteiger partial charge in [0, 0.05) is 31.5 Å². The molecule has 4 rings (SSSR count). The number of rotatable bonds is 4. The van der Waals surface area contributed by atoms with Gasteiger partial charge in [0.25, 0.3) is 10.0 Å². The molecule has 1 N–H and O–H groups in total. The molecular weight excluding hydrogens is 332 g/mol. The Morgan fingerprint density at radius 1 is 1.26 bits per heavy atom. The SMILES string of the molecule is O=S(=O)(c1cccs1)N1C[C@H]2CC[C@@H](Nc3cnccn3)[C@H]2C1. The highest BCUT2D eigenvalue weighted by molar-refractivity contribution is 7.91. The summed E-state index contributed by atoms with van der Waals surface area (Å²) in [6.45, 7) is 1.21. The van der Waals surface area contributed by atoms with Crippen LogP contribution in [0.25, 0.3) is 0 Å². The molecule has 2 aromatic rings. The van der Waals surface area contributed by atoms with Crippen molar-refractivity contribution in [3.63, 3.8) is 0 Å². The third-order valence-electron chi connectivity index (χ3n) is 4.81. The Kier molecular flexibility index (Phi) is 3.82. The van der Waals surface area contributed by atoms with Gasteiger partial charge in [0.05, 0.1) is 6.20 Å². The maximum absolute atomic E-state index is 12.7. The second kappa shape index (κ2) is 5.85. The Bertz CT molecular complexity index is 764. The minimum atomic E-state index is -3.34. The van der Waals surface area contributed by atoms with Crippen molar-refractivity contribution < 1.29 is 8.42 Å². The highest BCUT2D eigenvalue weighted by Crippen LogP contribution is 2.41. The number of hydrogen-bond acceptors (Lipinski definition) is 6. The molecule has 1 aliphatic heterocycles. The van der Waals surface area contributed by atoms with Crippen LogP contribution in [0.15, 0.2) is 40.3 Å². The van der Waals surface area contributed by atoms with Crippen molar-refractivity contribution in [3.05, 3.63) is 36.1 Å². The minimum absolute atomic E-state index is 0.264. The fourth-order valence-electron chi connectivity index (χ4n) is 3.70. The summed E-state index contributed by atoms with van der Waals surface area (Å²) in [7, 11) is -3.34. The molecule has 0 unspecified atom stereocenters. The largest absolute Gasteiger partial charge is 0.366 e. The van der Waals surface area contributed by atoms with E-state index in [2.05, 4.69) is 15.3 Å². The monoisotopic (exact) mass is 350 g/mol. The van der Waals surface area contributed by atoms with E-state index in [1.807, 2.05) is 5.38 Å². The average Bonchev–Trinajstić information content (AvgIpc) is 3.26. The Hall–Kier alpha value is -1.51. The second-order valence-corrected chi connectivity index (χ2v) is 9.21. The first-order chi connectivity index (χ1) is 11.1. The predicted molar refractivity (Wildman–Crippen MR) is 88.7 cm³/mol. The zero-order chi connectivity index (χ0) is 15.9. The van der Waals surface area contributed by atoms with Crippen molar-refractivity contribution in [3.8, 4) is 0 Å². The molecule has 2 aliphatic rings. The van der Waals surface area contributed by atoms with E-state index < -0.39 is 10.0 Å². The number of nitrogens with one attached hydrogen (secondary N) is 1. The standard InChI is InChI=1S/C15H18N4O2S2/c20-23(21,15-2-1-7-22-15)19-9-11-3-4-13(12(11)10-19)18-14-8-16-5-6-17-14/h1-2,5-8,11-13H,3-4,9-10H2,(H,17,18)/t11-,12+,13-/m1/s1. The van der Waals surface area contributed by atoms with Gasteiger partial charge in [0.2, 0.25) is 0 Å². The van der Waals surface area contributed by atoms with Crippen LogP contribution in [-0.4, -0.2) is 41.8 Å². The number of sulfonamides is 1. The Labute approximate surface area is 139 Å². The number of nitrogens with zero attached hydrogens (tertiary/aromatic N) is 3. The zero-order valence-electron chi connectivity index (χ0n) is 12.5. The van der Waals surface area contributed by atoms with Crippen LogP contribution in [0.5, 0.6) is 0 Å². The van der Waals surface area contributed by atoms with Gasteiger partial charge in [-0.05, 0) is 36.1 Å². The highest BCUT2D eigenvalue weighted by atomic mass is 32.2. The van der Waals surface area contributed by atoms with Gasteiger partial charge in [-0.2, -0.15) is 4.31 Å². The molecule has 1 saturated heterocycles. The van der Waals surface area contributed by atoms with Crippen LogP contribution in [0.4, 0.5) is 5.82 Å². The molecule has 0 bridgehead atoms. The van der Waals surface area contributed by atoms with E-state index in [1.54, 1.807) is 35.0 Å². The van der Waals surface area contributed by atoms with Crippen LogP contribution in [0, 0.1) is 11.8 Å². The summed E-state index contributed by atoms with van der Waals surface area (Å²) in [5, 5.41) is 5.23. The topological polar surface area (TPSA) is 75.2 Å². The van der Waals surface area contributed by atoms with Gasteiger partial charge in [-0.3, -0.25) is 4.98 Å². The molecule has 0 spiro atoms. The number of hydrogen-bond donors (Lipinski definition) is 1. The van der Waals surface area contributed by atoms with Gasteiger partial charge in [-0.25, -0.2) is 13.4 Å². The van der Waals surface area contributed by atoms with Crippen molar-refractivity contribution in [2.45, 2.75) is 23.1 Å². The van der Waals surface area contributed by atoms with E-state index in [-0.39, 0.29) is 6.04 Å². The molecular formula is C15H18N4O2S2. The molecule has 23 heavy (non-hydrogen) atoms. The summed E-state index contributed by atoms with van der Waals surface area (Å²) >= 11 is 1.28. The molecule has 3 atom stereocenters. The first kappa shape index (κ1) is 15.0. The van der Waals surface area contributed by atoms with Gasteiger partial charge in [0.15, 0.2) is 0 Å². The molecule has 2 fully saturated rings. The maximum atomic E-state index is 12.7. The first-order valence-corrected chi connectivity index (χ1v) is 10.0. The molecule has 0 radical (unpaired) electrons. The third-order valence-corrected chi connectivity index (χ3v) is 8.01. The maximum Gasteiger partial charge on any atom is 0.252 e. The molecule has 122 valence electrons. The molecule has 0 aromatic carbocycles. The van der Waals surface area contributed by atoms with Crippen LogP contribution >= 0.6 is 11.3 Å². The minimum Gasteiger partial charge on any atom is -0.366 e. The lowest BCUT2D eigenvalue weighted by molar-refractivity contribution is 0.437. The molecule has 8 heteroatoms. The molecule has 0 amide bonds. The first-order valence-electron chi connectivity index (χ1n) is 7.71. The summed E-state index contributed by atoms with van der Waals surface area (Å²) in [4.78, 5) is 8.33. The van der Waals surface area contributed by atoms with Gasteiger partial charge >= 0.3 is 0 Å². The number of fused-ring (bicyclic) bond motifs is 1. The van der Waals surface area contributed by atoms with Crippen LogP contribution in [-0.2, 0) is 10.0 Å². The third kappa shape index (κ3) is 2.75. The van der Waals surface area contributed by atoms with Crippen molar-refractivity contribution in [2.24, 2.45) is 11.8 Å². The zero-order valence-corrected chi connectivity index (χ0v) is 14.1. The van der Waals surface area contributed by atoms with Crippen molar-refractivity contribution in [2.75, 3.05) is 18.4 Å². The highest BCUT2D eigenvalue weighted by Gasteiger charge is 2.46. The van der Waals surface area contributed by atoms with Gasteiger partial charge in [-0.1, -0.05) is 6.07 Å². The fourth-order valence-corrected chi connectivity index (χ4v) is 6.38. The second-order valence-electron chi connectivity index (χ2n) is 6.10. The number of aromatic nitrogens is 2. The van der Waals surface area contributed by atoms with Gasteiger partial charge in [0.1, 0.15) is 10.0 Å². The lowest BCUT2D eigenvalue weighted by atomic mass is 9.98. The number of anilines is 1. The van der Waals surface area contributed by atoms with E-state index in [0.29, 0.717) is 29.1 Å². The average molecular weight is 350 g/mol. The lowest BCUT2D eigenvalue weighted by Crippen LogP contribution is -2.33. The van der Waals surface area contributed by atoms with E-state index in [1.165, 1.54) is 11.3 Å². The van der Waals surface area contributed by atoms with E-state index in [0.717, 1.165) is 18.7 Å². The van der Waals surface area contributed by atoms with Gasteiger partial charge in [-0.15, -0.1) is 11.3 Å². The summed E-state index contributed by atoms with van der Waals surface area (Å²) in [6, 6.07) is 3.73. The van der Waals surface area contributed by atoms with Crippen LogP contribution in [0.2, 0.25) is 0 Å².